The van der Waals surface area contributed by atoms with E-state index < -0.39 is 11.7 Å². The van der Waals surface area contributed by atoms with E-state index in [1.165, 1.54) is 4.90 Å². The van der Waals surface area contributed by atoms with Gasteiger partial charge in [0.05, 0.1) is 11.1 Å². The number of rotatable bonds is 3. The van der Waals surface area contributed by atoms with Crippen molar-refractivity contribution in [3.8, 4) is 0 Å². The van der Waals surface area contributed by atoms with Gasteiger partial charge in [-0.15, -0.1) is 0 Å². The van der Waals surface area contributed by atoms with E-state index >= 15 is 0 Å². The molecule has 2 aliphatic rings. The Balaban J connectivity index is 1.66. The summed E-state index contributed by atoms with van der Waals surface area (Å²) in [5, 5.41) is 2.78. The normalized spacial score (nSPS) is 19.9. The summed E-state index contributed by atoms with van der Waals surface area (Å²) in [6, 6.07) is 6.89. The highest BCUT2D eigenvalue weighted by Gasteiger charge is 2.36. The van der Waals surface area contributed by atoms with Crippen LogP contribution in [0.15, 0.2) is 36.0 Å². The molecule has 0 saturated heterocycles. The molecule has 0 radical (unpaired) electrons. The van der Waals surface area contributed by atoms with E-state index in [0.717, 1.165) is 25.0 Å². The third-order valence-corrected chi connectivity index (χ3v) is 4.41. The van der Waals surface area contributed by atoms with Crippen molar-refractivity contribution in [2.75, 3.05) is 6.54 Å². The summed E-state index contributed by atoms with van der Waals surface area (Å²) in [7, 11) is 0. The van der Waals surface area contributed by atoms with Crippen molar-refractivity contribution in [1.82, 2.24) is 10.2 Å². The van der Waals surface area contributed by atoms with E-state index in [1.807, 2.05) is 26.8 Å². The third-order valence-electron chi connectivity index (χ3n) is 4.41. The van der Waals surface area contributed by atoms with Crippen molar-refractivity contribution >= 4 is 17.9 Å². The minimum Gasteiger partial charge on any atom is -0.444 e. The van der Waals surface area contributed by atoms with Crippen LogP contribution >= 0.6 is 0 Å². The fraction of sp³-hybridized carbons (Fsp3) is 0.450. The van der Waals surface area contributed by atoms with Crippen molar-refractivity contribution < 1.29 is 19.1 Å². The summed E-state index contributed by atoms with van der Waals surface area (Å²) in [5.74, 6) is -0.464. The van der Waals surface area contributed by atoms with Crippen LogP contribution in [0, 0.1) is 5.92 Å². The first kappa shape index (κ1) is 18.2. The number of allylic oxidation sites excluding steroid dienone is 1. The van der Waals surface area contributed by atoms with Crippen LogP contribution in [-0.2, 0) is 4.74 Å². The Morgan fingerprint density at radius 1 is 1.19 bits per heavy atom. The van der Waals surface area contributed by atoms with Crippen molar-refractivity contribution in [2.45, 2.75) is 45.6 Å². The number of imide groups is 1. The number of carbonyl (C=O) groups is 3. The lowest BCUT2D eigenvalue weighted by Crippen LogP contribution is -2.36. The quantitative estimate of drug-likeness (QED) is 0.841. The first-order chi connectivity index (χ1) is 12.2. The molecule has 1 heterocycles. The zero-order valence-electron chi connectivity index (χ0n) is 15.4. The summed E-state index contributed by atoms with van der Waals surface area (Å²) in [4.78, 5) is 38.2. The number of carbonyl (C=O) groups excluding carboxylic acids is 3. The lowest BCUT2D eigenvalue weighted by molar-refractivity contribution is 0.0537. The molecule has 1 unspecified atom stereocenters. The second-order valence-electron chi connectivity index (χ2n) is 7.74. The molecule has 0 saturated carbocycles. The Morgan fingerprint density at radius 3 is 2.38 bits per heavy atom. The third kappa shape index (κ3) is 3.95. The molecule has 0 aromatic heterocycles. The van der Waals surface area contributed by atoms with Gasteiger partial charge in [0.25, 0.3) is 11.8 Å². The molecule has 0 spiro atoms. The molecule has 1 N–H and O–H groups in total. The van der Waals surface area contributed by atoms with Gasteiger partial charge in [0.2, 0.25) is 0 Å². The molecule has 1 atom stereocenters. The van der Waals surface area contributed by atoms with Crippen LogP contribution in [0.1, 0.15) is 60.7 Å². The van der Waals surface area contributed by atoms with Gasteiger partial charge < -0.3 is 4.74 Å². The SMILES string of the molecule is CC(C)(C)OC(=O)NC1=CC(CN2C(=O)c3ccccc3C2=O)CCC1. The Kier molecular flexibility index (Phi) is 4.85. The number of benzene rings is 1. The molecule has 138 valence electrons. The summed E-state index contributed by atoms with van der Waals surface area (Å²) in [6.07, 6.45) is 3.96. The molecule has 1 aromatic rings. The number of hydrogen-bond acceptors (Lipinski definition) is 4. The van der Waals surface area contributed by atoms with E-state index in [-0.39, 0.29) is 17.7 Å². The van der Waals surface area contributed by atoms with Gasteiger partial charge in [0.15, 0.2) is 0 Å². The van der Waals surface area contributed by atoms with Crippen molar-refractivity contribution in [2.24, 2.45) is 5.92 Å². The molecular weight excluding hydrogens is 332 g/mol. The minimum absolute atomic E-state index is 0.0240. The molecule has 1 aliphatic heterocycles. The van der Waals surface area contributed by atoms with Gasteiger partial charge >= 0.3 is 6.09 Å². The summed E-state index contributed by atoms with van der Waals surface area (Å²) in [5.41, 5.74) is 1.15. The monoisotopic (exact) mass is 356 g/mol. The van der Waals surface area contributed by atoms with Crippen LogP contribution in [-0.4, -0.2) is 35.0 Å². The lowest BCUT2D eigenvalue weighted by atomic mass is 9.93. The second-order valence-corrected chi connectivity index (χ2v) is 7.74. The van der Waals surface area contributed by atoms with E-state index in [0.29, 0.717) is 17.7 Å². The maximum absolute atomic E-state index is 12.5. The van der Waals surface area contributed by atoms with Crippen molar-refractivity contribution in [3.63, 3.8) is 0 Å². The van der Waals surface area contributed by atoms with Gasteiger partial charge in [-0.1, -0.05) is 18.2 Å². The van der Waals surface area contributed by atoms with Crippen LogP contribution in [0.4, 0.5) is 4.79 Å². The molecule has 0 fully saturated rings. The second kappa shape index (κ2) is 6.94. The fourth-order valence-electron chi connectivity index (χ4n) is 3.33. The largest absolute Gasteiger partial charge is 0.444 e. The zero-order chi connectivity index (χ0) is 18.9. The minimum atomic E-state index is -0.557. The highest BCUT2D eigenvalue weighted by Crippen LogP contribution is 2.27. The summed E-state index contributed by atoms with van der Waals surface area (Å²) in [6.45, 7) is 5.76. The van der Waals surface area contributed by atoms with Gasteiger partial charge in [-0.2, -0.15) is 0 Å². The zero-order valence-corrected chi connectivity index (χ0v) is 15.4. The van der Waals surface area contributed by atoms with Crippen LogP contribution in [0.5, 0.6) is 0 Å². The fourth-order valence-corrected chi connectivity index (χ4v) is 3.33. The van der Waals surface area contributed by atoms with Crippen LogP contribution in [0.25, 0.3) is 0 Å². The predicted molar refractivity (Wildman–Crippen MR) is 96.6 cm³/mol. The van der Waals surface area contributed by atoms with Crippen LogP contribution in [0.2, 0.25) is 0 Å². The van der Waals surface area contributed by atoms with E-state index in [9.17, 15) is 14.4 Å². The highest BCUT2D eigenvalue weighted by atomic mass is 16.6. The smallest absolute Gasteiger partial charge is 0.411 e. The van der Waals surface area contributed by atoms with Gasteiger partial charge in [-0.3, -0.25) is 19.8 Å². The molecule has 0 bridgehead atoms. The Morgan fingerprint density at radius 2 is 1.81 bits per heavy atom. The van der Waals surface area contributed by atoms with Gasteiger partial charge in [-0.05, 0) is 58.1 Å². The number of ether oxygens (including phenoxy) is 1. The Bertz CT molecular complexity index is 741. The summed E-state index contributed by atoms with van der Waals surface area (Å²) < 4.78 is 5.28. The molecule has 26 heavy (non-hydrogen) atoms. The van der Waals surface area contributed by atoms with Crippen LogP contribution in [0.3, 0.4) is 0 Å². The Labute approximate surface area is 153 Å². The number of hydrogen-bond donors (Lipinski definition) is 1. The first-order valence-corrected chi connectivity index (χ1v) is 8.90. The van der Waals surface area contributed by atoms with Crippen molar-refractivity contribution in [3.05, 3.63) is 47.2 Å². The van der Waals surface area contributed by atoms with Crippen LogP contribution < -0.4 is 5.32 Å². The number of amides is 3. The van der Waals surface area contributed by atoms with Gasteiger partial charge in [-0.25, -0.2) is 4.79 Å². The number of nitrogens with zero attached hydrogens (tertiary/aromatic N) is 1. The number of alkyl carbamates (subject to hydrolysis) is 1. The number of nitrogens with one attached hydrogen (secondary N) is 1. The predicted octanol–water partition coefficient (Wildman–Crippen LogP) is 3.49. The summed E-state index contributed by atoms with van der Waals surface area (Å²) >= 11 is 0. The maximum atomic E-state index is 12.5. The topological polar surface area (TPSA) is 75.7 Å². The van der Waals surface area contributed by atoms with E-state index in [2.05, 4.69) is 5.32 Å². The molecule has 1 aliphatic carbocycles. The lowest BCUT2D eigenvalue weighted by Gasteiger charge is -2.26. The number of fused-ring (bicyclic) bond motifs is 1. The standard InChI is InChI=1S/C20H24N2O4/c1-20(2,3)26-19(25)21-14-8-6-7-13(11-14)12-22-17(23)15-9-4-5-10-16(15)18(22)24/h4-5,9-11,13H,6-8,12H2,1-3H3,(H,21,25). The molecular formula is C20H24N2O4. The van der Waals surface area contributed by atoms with Gasteiger partial charge in [0, 0.05) is 12.2 Å². The van der Waals surface area contributed by atoms with Crippen molar-refractivity contribution in [1.29, 1.82) is 0 Å². The molecule has 1 aromatic carbocycles. The Hall–Kier alpha value is -2.63. The van der Waals surface area contributed by atoms with E-state index in [1.54, 1.807) is 24.3 Å². The molecule has 6 heteroatoms. The first-order valence-electron chi connectivity index (χ1n) is 8.90. The van der Waals surface area contributed by atoms with E-state index in [4.69, 9.17) is 4.74 Å². The average Bonchev–Trinajstić information content (AvgIpc) is 2.79. The van der Waals surface area contributed by atoms with Gasteiger partial charge in [0.1, 0.15) is 5.60 Å². The maximum Gasteiger partial charge on any atom is 0.411 e. The molecule has 3 amide bonds. The molecule has 3 rings (SSSR count). The average molecular weight is 356 g/mol. The molecule has 6 nitrogen and oxygen atoms in total. The highest BCUT2D eigenvalue weighted by molar-refractivity contribution is 6.21.